The lowest BCUT2D eigenvalue weighted by Gasteiger charge is -2.32. The van der Waals surface area contributed by atoms with E-state index in [0.717, 1.165) is 16.3 Å². The predicted octanol–water partition coefficient (Wildman–Crippen LogP) is 4.73. The molecule has 164 valence electrons. The number of piperidine rings is 1. The van der Waals surface area contributed by atoms with Crippen molar-refractivity contribution in [2.75, 3.05) is 18.8 Å². The number of carbonyl (C=O) groups is 1. The van der Waals surface area contributed by atoms with Gasteiger partial charge < -0.3 is 15.6 Å². The van der Waals surface area contributed by atoms with Crippen molar-refractivity contribution in [1.82, 2.24) is 19.9 Å². The molecule has 3 heterocycles. The molecule has 0 unspecified atom stereocenters. The third-order valence-electron chi connectivity index (χ3n) is 6.06. The van der Waals surface area contributed by atoms with Crippen LogP contribution in [0.5, 0.6) is 0 Å². The number of aromatic amines is 1. The largest absolute Gasteiger partial charge is 0.449 e. The Hall–Kier alpha value is -3.62. The van der Waals surface area contributed by atoms with Gasteiger partial charge in [-0.1, -0.05) is 24.3 Å². The van der Waals surface area contributed by atoms with E-state index in [9.17, 15) is 18.0 Å². The van der Waals surface area contributed by atoms with Crippen molar-refractivity contribution in [2.45, 2.75) is 24.9 Å². The summed E-state index contributed by atoms with van der Waals surface area (Å²) in [6.07, 6.45) is -1.84. The minimum absolute atomic E-state index is 0.0000316. The van der Waals surface area contributed by atoms with Crippen LogP contribution >= 0.6 is 0 Å². The molecule has 9 heteroatoms. The molecule has 0 saturated carbocycles. The van der Waals surface area contributed by atoms with Crippen LogP contribution < -0.4 is 5.73 Å². The maximum atomic E-state index is 13.1. The van der Waals surface area contributed by atoms with Crippen LogP contribution in [0.4, 0.5) is 18.9 Å². The van der Waals surface area contributed by atoms with Gasteiger partial charge in [0.1, 0.15) is 0 Å². The van der Waals surface area contributed by atoms with Crippen molar-refractivity contribution in [3.63, 3.8) is 0 Å². The first-order valence-electron chi connectivity index (χ1n) is 10.3. The van der Waals surface area contributed by atoms with E-state index in [2.05, 4.69) is 15.0 Å². The number of rotatable bonds is 2. The number of imidazole rings is 1. The molecular formula is C23H20F3N5O. The maximum Gasteiger partial charge on any atom is 0.449 e. The van der Waals surface area contributed by atoms with Crippen LogP contribution in [0, 0.1) is 0 Å². The second-order valence-electron chi connectivity index (χ2n) is 8.04. The highest BCUT2D eigenvalue weighted by Crippen LogP contribution is 2.35. The van der Waals surface area contributed by atoms with E-state index in [1.54, 1.807) is 17.0 Å². The monoisotopic (exact) mass is 439 g/mol. The summed E-state index contributed by atoms with van der Waals surface area (Å²) in [6, 6.07) is 13.1. The van der Waals surface area contributed by atoms with Gasteiger partial charge in [-0.15, -0.1) is 0 Å². The first kappa shape index (κ1) is 20.3. The normalized spacial score (nSPS) is 15.5. The average molecular weight is 439 g/mol. The number of halogens is 3. The van der Waals surface area contributed by atoms with Crippen LogP contribution in [0.3, 0.4) is 0 Å². The van der Waals surface area contributed by atoms with Crippen molar-refractivity contribution in [3.05, 3.63) is 65.6 Å². The third-order valence-corrected chi connectivity index (χ3v) is 6.06. The number of anilines is 1. The first-order valence-corrected chi connectivity index (χ1v) is 10.3. The van der Waals surface area contributed by atoms with Crippen molar-refractivity contribution < 1.29 is 18.0 Å². The van der Waals surface area contributed by atoms with Crippen LogP contribution in [0.25, 0.3) is 21.9 Å². The lowest BCUT2D eigenvalue weighted by atomic mass is 9.89. The molecule has 1 aliphatic heterocycles. The molecule has 0 aliphatic carbocycles. The first-order chi connectivity index (χ1) is 15.3. The Bertz CT molecular complexity index is 1320. The SMILES string of the molecule is Nc1cc2ccccc2cc1C(=O)N1CCC(c2ccnc3nc(C(F)(F)F)[nH]c23)CC1. The number of H-pyrrole nitrogens is 1. The van der Waals surface area contributed by atoms with Crippen molar-refractivity contribution >= 4 is 33.5 Å². The highest BCUT2D eigenvalue weighted by atomic mass is 19.4. The molecule has 0 radical (unpaired) electrons. The van der Waals surface area contributed by atoms with Gasteiger partial charge in [-0.2, -0.15) is 13.2 Å². The standard InChI is InChI=1S/C23H20F3N5O/c24-23(25,26)22-29-19-16(5-8-28-20(19)30-22)13-6-9-31(10-7-13)21(32)17-11-14-3-1-2-4-15(14)12-18(17)27/h1-5,8,11-13H,6-7,9-10,27H2,(H,28,29,30). The summed E-state index contributed by atoms with van der Waals surface area (Å²) in [4.78, 5) is 24.8. The summed E-state index contributed by atoms with van der Waals surface area (Å²) in [7, 11) is 0. The molecule has 2 aromatic heterocycles. The van der Waals surface area contributed by atoms with Crippen LogP contribution in [0.15, 0.2) is 48.7 Å². The Morgan fingerprint density at radius 1 is 1.09 bits per heavy atom. The number of benzene rings is 2. The molecule has 2 aromatic carbocycles. The summed E-state index contributed by atoms with van der Waals surface area (Å²) in [6.45, 7) is 0.972. The van der Waals surface area contributed by atoms with Gasteiger partial charge in [-0.3, -0.25) is 4.79 Å². The van der Waals surface area contributed by atoms with Gasteiger partial charge in [0, 0.05) is 25.0 Å². The molecule has 1 saturated heterocycles. The van der Waals surface area contributed by atoms with E-state index in [1.807, 2.05) is 30.3 Å². The molecule has 4 aromatic rings. The number of pyridine rings is 1. The topological polar surface area (TPSA) is 87.9 Å². The summed E-state index contributed by atoms with van der Waals surface area (Å²) < 4.78 is 39.2. The van der Waals surface area contributed by atoms with E-state index in [-0.39, 0.29) is 17.5 Å². The molecule has 1 aliphatic rings. The summed E-state index contributed by atoms with van der Waals surface area (Å²) in [5, 5.41) is 1.92. The van der Waals surface area contributed by atoms with Gasteiger partial charge in [0.15, 0.2) is 5.65 Å². The third kappa shape index (κ3) is 3.53. The number of nitrogens with two attached hydrogens (primary N) is 1. The quantitative estimate of drug-likeness (QED) is 0.442. The fraction of sp³-hybridized carbons (Fsp3) is 0.261. The fourth-order valence-corrected chi connectivity index (χ4v) is 4.41. The minimum Gasteiger partial charge on any atom is -0.398 e. The Balaban J connectivity index is 1.36. The van der Waals surface area contributed by atoms with Gasteiger partial charge in [-0.05, 0) is 53.3 Å². The van der Waals surface area contributed by atoms with Crippen LogP contribution in [-0.2, 0) is 6.18 Å². The van der Waals surface area contributed by atoms with Crippen LogP contribution in [0.1, 0.15) is 40.5 Å². The summed E-state index contributed by atoms with van der Waals surface area (Å²) in [5.74, 6) is -1.18. The number of alkyl halides is 3. The molecule has 0 bridgehead atoms. The molecule has 3 N–H and O–H groups in total. The molecule has 1 fully saturated rings. The molecule has 1 amide bonds. The zero-order chi connectivity index (χ0) is 22.5. The molecule has 0 spiro atoms. The van der Waals surface area contributed by atoms with Crippen molar-refractivity contribution in [3.8, 4) is 0 Å². The smallest absolute Gasteiger partial charge is 0.398 e. The summed E-state index contributed by atoms with van der Waals surface area (Å²) >= 11 is 0. The number of fused-ring (bicyclic) bond motifs is 2. The number of nitrogens with zero attached hydrogens (tertiary/aromatic N) is 3. The Kier molecular flexibility index (Phi) is 4.76. The van der Waals surface area contributed by atoms with Gasteiger partial charge in [-0.25, -0.2) is 9.97 Å². The number of hydrogen-bond donors (Lipinski definition) is 2. The Morgan fingerprint density at radius 2 is 1.78 bits per heavy atom. The molecular weight excluding hydrogens is 419 g/mol. The fourth-order valence-electron chi connectivity index (χ4n) is 4.41. The number of nitrogens with one attached hydrogen (secondary N) is 1. The van der Waals surface area contributed by atoms with Crippen molar-refractivity contribution in [2.24, 2.45) is 0 Å². The van der Waals surface area contributed by atoms with Crippen LogP contribution in [0.2, 0.25) is 0 Å². The second kappa shape index (κ2) is 7.51. The second-order valence-corrected chi connectivity index (χ2v) is 8.04. The highest BCUT2D eigenvalue weighted by Gasteiger charge is 2.36. The average Bonchev–Trinajstić information content (AvgIpc) is 3.23. The number of amides is 1. The van der Waals surface area contributed by atoms with E-state index >= 15 is 0 Å². The van der Waals surface area contributed by atoms with E-state index < -0.39 is 12.0 Å². The minimum atomic E-state index is -4.56. The maximum absolute atomic E-state index is 13.1. The number of carbonyl (C=O) groups excluding carboxylic acids is 1. The van der Waals surface area contributed by atoms with Gasteiger partial charge >= 0.3 is 6.18 Å². The lowest BCUT2D eigenvalue weighted by molar-refractivity contribution is -0.144. The zero-order valence-corrected chi connectivity index (χ0v) is 17.0. The molecule has 32 heavy (non-hydrogen) atoms. The highest BCUT2D eigenvalue weighted by molar-refractivity contribution is 6.04. The molecule has 6 nitrogen and oxygen atoms in total. The molecule has 5 rings (SSSR count). The summed E-state index contributed by atoms with van der Waals surface area (Å²) in [5.41, 5.74) is 8.17. The van der Waals surface area contributed by atoms with Crippen LogP contribution in [-0.4, -0.2) is 38.8 Å². The lowest BCUT2D eigenvalue weighted by Crippen LogP contribution is -2.38. The number of likely N-dealkylation sites (tertiary alicyclic amines) is 1. The van der Waals surface area contributed by atoms with Gasteiger partial charge in [0.05, 0.1) is 11.1 Å². The van der Waals surface area contributed by atoms with Gasteiger partial charge in [0.25, 0.3) is 5.91 Å². The van der Waals surface area contributed by atoms with E-state index in [4.69, 9.17) is 5.73 Å². The van der Waals surface area contributed by atoms with E-state index in [0.29, 0.717) is 42.7 Å². The van der Waals surface area contributed by atoms with E-state index in [1.165, 1.54) is 6.20 Å². The number of hydrogen-bond acceptors (Lipinski definition) is 4. The predicted molar refractivity (Wildman–Crippen MR) is 115 cm³/mol. The number of nitrogen functional groups attached to an aromatic ring is 1. The Morgan fingerprint density at radius 3 is 2.47 bits per heavy atom. The Labute approximate surface area is 181 Å². The zero-order valence-electron chi connectivity index (χ0n) is 17.0. The molecule has 0 atom stereocenters. The van der Waals surface area contributed by atoms with Gasteiger partial charge in [0.2, 0.25) is 5.82 Å². The van der Waals surface area contributed by atoms with Crippen molar-refractivity contribution in [1.29, 1.82) is 0 Å². The number of aromatic nitrogens is 3.